The van der Waals surface area contributed by atoms with E-state index in [1.165, 1.54) is 0 Å². The Bertz CT molecular complexity index is 446. The monoisotopic (exact) mass is 278 g/mol. The number of piperazine rings is 1. The second kappa shape index (κ2) is 4.90. The third-order valence-electron chi connectivity index (χ3n) is 4.40. The molecule has 20 heavy (non-hydrogen) atoms. The molecule has 2 atom stereocenters. The molecule has 0 aromatic rings. The van der Waals surface area contributed by atoms with Gasteiger partial charge in [-0.1, -0.05) is 32.9 Å². The van der Waals surface area contributed by atoms with Gasteiger partial charge in [0.1, 0.15) is 11.6 Å². The van der Waals surface area contributed by atoms with Crippen molar-refractivity contribution in [3.05, 3.63) is 12.2 Å². The Balaban J connectivity index is 2.35. The third kappa shape index (κ3) is 2.48. The summed E-state index contributed by atoms with van der Waals surface area (Å²) in [6, 6.07) is -0.405. The summed E-state index contributed by atoms with van der Waals surface area (Å²) in [5.74, 6) is 0.349. The van der Waals surface area contributed by atoms with E-state index >= 15 is 0 Å². The average molecular weight is 278 g/mol. The number of hydrogen-bond donors (Lipinski definition) is 1. The number of hydrogen-bond acceptors (Lipinski definition) is 2. The molecule has 2 rings (SSSR count). The molecule has 112 valence electrons. The van der Waals surface area contributed by atoms with Crippen LogP contribution < -0.4 is 5.32 Å². The van der Waals surface area contributed by atoms with Crippen molar-refractivity contribution in [2.45, 2.75) is 59.0 Å². The molecule has 0 spiro atoms. The second-order valence-electron chi connectivity index (χ2n) is 7.26. The van der Waals surface area contributed by atoms with Crippen LogP contribution in [-0.2, 0) is 9.59 Å². The quantitative estimate of drug-likeness (QED) is 0.804. The molecule has 2 fully saturated rings. The van der Waals surface area contributed by atoms with Crippen molar-refractivity contribution in [1.29, 1.82) is 0 Å². The van der Waals surface area contributed by atoms with Crippen LogP contribution in [0.1, 0.15) is 47.5 Å². The van der Waals surface area contributed by atoms with Crippen LogP contribution in [0.3, 0.4) is 0 Å². The lowest BCUT2D eigenvalue weighted by atomic mass is 9.79. The molecule has 4 nitrogen and oxygen atoms in total. The van der Waals surface area contributed by atoms with Crippen molar-refractivity contribution >= 4 is 11.8 Å². The summed E-state index contributed by atoms with van der Waals surface area (Å²) >= 11 is 0. The van der Waals surface area contributed by atoms with Crippen molar-refractivity contribution in [1.82, 2.24) is 10.2 Å². The zero-order chi connectivity index (χ0) is 15.1. The molecule has 1 saturated carbocycles. The lowest BCUT2D eigenvalue weighted by molar-refractivity contribution is -0.159. The third-order valence-corrected chi connectivity index (χ3v) is 4.40. The van der Waals surface area contributed by atoms with Gasteiger partial charge in [0.2, 0.25) is 11.8 Å². The van der Waals surface area contributed by atoms with Crippen LogP contribution in [0.5, 0.6) is 0 Å². The van der Waals surface area contributed by atoms with E-state index in [2.05, 4.69) is 5.32 Å². The maximum absolute atomic E-state index is 12.9. The van der Waals surface area contributed by atoms with Gasteiger partial charge in [-0.2, -0.15) is 0 Å². The molecular weight excluding hydrogens is 252 g/mol. The minimum Gasteiger partial charge on any atom is -0.340 e. The van der Waals surface area contributed by atoms with Gasteiger partial charge in [0.25, 0.3) is 0 Å². The van der Waals surface area contributed by atoms with E-state index in [1.54, 1.807) is 4.90 Å². The van der Waals surface area contributed by atoms with E-state index in [9.17, 15) is 9.59 Å². The normalized spacial score (nSPS) is 31.9. The summed E-state index contributed by atoms with van der Waals surface area (Å²) in [5.41, 5.74) is -0.980. The zero-order valence-corrected chi connectivity index (χ0v) is 13.2. The van der Waals surface area contributed by atoms with Gasteiger partial charge in [-0.05, 0) is 38.0 Å². The molecule has 1 heterocycles. The van der Waals surface area contributed by atoms with Crippen molar-refractivity contribution in [2.75, 3.05) is 6.54 Å². The summed E-state index contributed by atoms with van der Waals surface area (Å²) in [4.78, 5) is 27.3. The first-order valence-corrected chi connectivity index (χ1v) is 7.46. The van der Waals surface area contributed by atoms with Gasteiger partial charge >= 0.3 is 0 Å². The number of amides is 2. The molecule has 0 bridgehead atoms. The minimum atomic E-state index is -0.708. The maximum atomic E-state index is 12.9. The molecule has 1 saturated heterocycles. The Morgan fingerprint density at radius 3 is 2.40 bits per heavy atom. The fourth-order valence-corrected chi connectivity index (χ4v) is 3.14. The van der Waals surface area contributed by atoms with Gasteiger partial charge in [-0.3, -0.25) is 9.59 Å². The highest BCUT2D eigenvalue weighted by molar-refractivity contribution is 6.00. The molecule has 1 aliphatic heterocycles. The Morgan fingerprint density at radius 2 is 1.95 bits per heavy atom. The van der Waals surface area contributed by atoms with Crippen molar-refractivity contribution < 1.29 is 9.59 Å². The van der Waals surface area contributed by atoms with Crippen LogP contribution in [-0.4, -0.2) is 34.8 Å². The predicted octanol–water partition coefficient (Wildman–Crippen LogP) is 2.10. The smallest absolute Gasteiger partial charge is 0.249 e. The number of carbonyl (C=O) groups excluding carboxylic acids is 2. The molecule has 0 aromatic carbocycles. The number of nitrogens with one attached hydrogen (secondary N) is 1. The van der Waals surface area contributed by atoms with Gasteiger partial charge in [0, 0.05) is 6.54 Å². The highest BCUT2D eigenvalue weighted by Crippen LogP contribution is 2.43. The molecule has 2 unspecified atom stereocenters. The van der Waals surface area contributed by atoms with Crippen molar-refractivity contribution in [3.8, 4) is 0 Å². The number of allylic oxidation sites excluding steroid dienone is 1. The Labute approximate surface area is 121 Å². The molecule has 2 amide bonds. The molecule has 1 N–H and O–H groups in total. The van der Waals surface area contributed by atoms with Gasteiger partial charge < -0.3 is 10.2 Å². The fraction of sp³-hybridized carbons (Fsp3) is 0.750. The average Bonchev–Trinajstić information content (AvgIpc) is 3.14. The van der Waals surface area contributed by atoms with E-state index in [4.69, 9.17) is 0 Å². The van der Waals surface area contributed by atoms with Crippen LogP contribution in [0.4, 0.5) is 0 Å². The summed E-state index contributed by atoms with van der Waals surface area (Å²) in [5, 5.41) is 3.01. The van der Waals surface area contributed by atoms with Crippen molar-refractivity contribution in [3.63, 3.8) is 0 Å². The van der Waals surface area contributed by atoms with E-state index in [-0.39, 0.29) is 17.2 Å². The summed E-state index contributed by atoms with van der Waals surface area (Å²) < 4.78 is 0. The maximum Gasteiger partial charge on any atom is 0.249 e. The molecule has 1 aliphatic carbocycles. The minimum absolute atomic E-state index is 0.0176. The fourth-order valence-electron chi connectivity index (χ4n) is 3.14. The van der Waals surface area contributed by atoms with E-state index in [1.807, 2.05) is 46.8 Å². The molecule has 0 radical (unpaired) electrons. The zero-order valence-electron chi connectivity index (χ0n) is 13.2. The van der Waals surface area contributed by atoms with Gasteiger partial charge in [-0.25, -0.2) is 0 Å². The first-order valence-electron chi connectivity index (χ1n) is 7.46. The first-order chi connectivity index (χ1) is 9.21. The van der Waals surface area contributed by atoms with Crippen molar-refractivity contribution in [2.24, 2.45) is 11.3 Å². The van der Waals surface area contributed by atoms with E-state index in [0.29, 0.717) is 12.5 Å². The van der Waals surface area contributed by atoms with Gasteiger partial charge in [0.15, 0.2) is 0 Å². The predicted molar refractivity (Wildman–Crippen MR) is 79.0 cm³/mol. The molecule has 4 heteroatoms. The number of carbonyl (C=O) groups is 2. The summed E-state index contributed by atoms with van der Waals surface area (Å²) in [7, 11) is 0. The lowest BCUT2D eigenvalue weighted by Crippen LogP contribution is -2.72. The largest absolute Gasteiger partial charge is 0.340 e. The van der Waals surface area contributed by atoms with Crippen LogP contribution in [0.2, 0.25) is 0 Å². The van der Waals surface area contributed by atoms with E-state index in [0.717, 1.165) is 12.8 Å². The topological polar surface area (TPSA) is 49.4 Å². The Morgan fingerprint density at radius 1 is 1.35 bits per heavy atom. The highest BCUT2D eigenvalue weighted by Gasteiger charge is 2.56. The lowest BCUT2D eigenvalue weighted by Gasteiger charge is -2.48. The molecular formula is C16H26N2O2. The Hall–Kier alpha value is -1.32. The standard InChI is InChI=1S/C16H26N2O2/c1-6-7-10-18-12(15(2,3)4)13(19)17-16(5,14(18)20)11-8-9-11/h6-7,11-12H,8-10H2,1-5H3,(H,17,19)/b7-6+. The summed E-state index contributed by atoms with van der Waals surface area (Å²) in [6.07, 6.45) is 5.93. The van der Waals surface area contributed by atoms with Gasteiger partial charge in [0.05, 0.1) is 0 Å². The Kier molecular flexibility index (Phi) is 3.69. The molecule has 2 aliphatic rings. The first kappa shape index (κ1) is 15.1. The highest BCUT2D eigenvalue weighted by atomic mass is 16.2. The van der Waals surface area contributed by atoms with Crippen LogP contribution in [0.25, 0.3) is 0 Å². The van der Waals surface area contributed by atoms with Gasteiger partial charge in [-0.15, -0.1) is 0 Å². The number of rotatable bonds is 3. The van der Waals surface area contributed by atoms with Crippen LogP contribution >= 0.6 is 0 Å². The SMILES string of the molecule is C/C=C/CN1C(=O)C(C)(C2CC2)NC(=O)C1C(C)(C)C. The second-order valence-corrected chi connectivity index (χ2v) is 7.26. The van der Waals surface area contributed by atoms with E-state index < -0.39 is 11.6 Å². The molecule has 0 aromatic heterocycles. The summed E-state index contributed by atoms with van der Waals surface area (Å²) in [6.45, 7) is 10.3. The number of nitrogens with zero attached hydrogens (tertiary/aromatic N) is 1. The van der Waals surface area contributed by atoms with Crippen LogP contribution in [0.15, 0.2) is 12.2 Å². The van der Waals surface area contributed by atoms with Crippen LogP contribution in [0, 0.1) is 11.3 Å².